The molecule has 0 aliphatic heterocycles. The average molecular weight is 255 g/mol. The van der Waals surface area contributed by atoms with E-state index in [0.29, 0.717) is 13.2 Å². The summed E-state index contributed by atoms with van der Waals surface area (Å²) in [7, 11) is 0. The zero-order valence-electron chi connectivity index (χ0n) is 12.6. The molecule has 0 bridgehead atoms. The summed E-state index contributed by atoms with van der Waals surface area (Å²) in [6.07, 6.45) is 4.49. The Morgan fingerprint density at radius 1 is 1.22 bits per heavy atom. The number of ether oxygens (including phenoxy) is 1. The second-order valence-electron chi connectivity index (χ2n) is 5.74. The van der Waals surface area contributed by atoms with Crippen LogP contribution < -0.4 is 5.73 Å². The van der Waals surface area contributed by atoms with Gasteiger partial charge in [0.2, 0.25) is 0 Å². The van der Waals surface area contributed by atoms with Crippen LogP contribution in [0.2, 0.25) is 0 Å². The highest BCUT2D eigenvalue weighted by atomic mass is 16.5. The predicted octanol–water partition coefficient (Wildman–Crippen LogP) is 3.43. The summed E-state index contributed by atoms with van der Waals surface area (Å²) in [6, 6.07) is 0. The van der Waals surface area contributed by atoms with Crippen LogP contribution in [0.15, 0.2) is 11.1 Å². The summed E-state index contributed by atoms with van der Waals surface area (Å²) in [5.74, 6) is -0.220. The molecule has 0 aromatic heterocycles. The van der Waals surface area contributed by atoms with E-state index >= 15 is 0 Å². The van der Waals surface area contributed by atoms with E-state index in [1.54, 1.807) is 0 Å². The molecule has 3 nitrogen and oxygen atoms in total. The van der Waals surface area contributed by atoms with Gasteiger partial charge < -0.3 is 10.5 Å². The summed E-state index contributed by atoms with van der Waals surface area (Å²) in [5, 5.41) is 0. The van der Waals surface area contributed by atoms with Gasteiger partial charge in [-0.05, 0) is 25.2 Å². The molecule has 0 amide bonds. The highest BCUT2D eigenvalue weighted by Gasteiger charge is 2.22. The molecule has 0 saturated heterocycles. The fourth-order valence-corrected chi connectivity index (χ4v) is 2.06. The van der Waals surface area contributed by atoms with Crippen molar-refractivity contribution < 1.29 is 9.53 Å². The quantitative estimate of drug-likeness (QED) is 0.431. The van der Waals surface area contributed by atoms with Crippen molar-refractivity contribution in [3.8, 4) is 0 Å². The third kappa shape index (κ3) is 6.20. The lowest BCUT2D eigenvalue weighted by atomic mass is 9.80. The lowest BCUT2D eigenvalue weighted by Gasteiger charge is -2.25. The molecular formula is C15H29NO2. The number of unbranched alkanes of at least 4 members (excludes halogenated alkanes) is 2. The van der Waals surface area contributed by atoms with E-state index in [9.17, 15) is 4.79 Å². The SMILES string of the molecule is CCCCCC(=C(C)C(=O)OCCN)C(C)(C)C. The standard InChI is InChI=1S/C15H29NO2/c1-6-7-8-9-13(15(3,4)5)12(2)14(17)18-11-10-16/h6-11,16H2,1-5H3. The van der Waals surface area contributed by atoms with Crippen LogP contribution >= 0.6 is 0 Å². The number of carbonyl (C=O) groups is 1. The van der Waals surface area contributed by atoms with E-state index < -0.39 is 0 Å². The van der Waals surface area contributed by atoms with Crippen molar-refractivity contribution in [3.05, 3.63) is 11.1 Å². The molecule has 0 spiro atoms. The Bertz CT molecular complexity index is 287. The first kappa shape index (κ1) is 17.2. The minimum atomic E-state index is -0.220. The fourth-order valence-electron chi connectivity index (χ4n) is 2.06. The van der Waals surface area contributed by atoms with Crippen molar-refractivity contribution in [1.29, 1.82) is 0 Å². The largest absolute Gasteiger partial charge is 0.461 e. The topological polar surface area (TPSA) is 52.3 Å². The van der Waals surface area contributed by atoms with Gasteiger partial charge in [0.15, 0.2) is 0 Å². The first-order valence-electron chi connectivity index (χ1n) is 6.92. The van der Waals surface area contributed by atoms with Crippen molar-refractivity contribution in [3.63, 3.8) is 0 Å². The minimum absolute atomic E-state index is 0.0135. The zero-order valence-corrected chi connectivity index (χ0v) is 12.6. The number of hydrogen-bond acceptors (Lipinski definition) is 3. The van der Waals surface area contributed by atoms with Gasteiger partial charge in [-0.3, -0.25) is 0 Å². The Labute approximate surface area is 112 Å². The van der Waals surface area contributed by atoms with Gasteiger partial charge in [-0.25, -0.2) is 4.79 Å². The van der Waals surface area contributed by atoms with Gasteiger partial charge in [-0.15, -0.1) is 0 Å². The summed E-state index contributed by atoms with van der Waals surface area (Å²) in [5.41, 5.74) is 7.32. The number of hydrogen-bond donors (Lipinski definition) is 1. The summed E-state index contributed by atoms with van der Waals surface area (Å²) < 4.78 is 5.11. The Kier molecular flexibility index (Phi) is 7.92. The normalized spacial score (nSPS) is 13.2. The Balaban J connectivity index is 4.84. The van der Waals surface area contributed by atoms with E-state index in [-0.39, 0.29) is 11.4 Å². The van der Waals surface area contributed by atoms with Crippen molar-refractivity contribution in [2.75, 3.05) is 13.2 Å². The van der Waals surface area contributed by atoms with E-state index in [1.165, 1.54) is 18.4 Å². The van der Waals surface area contributed by atoms with Crippen molar-refractivity contribution >= 4 is 5.97 Å². The first-order valence-corrected chi connectivity index (χ1v) is 6.92. The van der Waals surface area contributed by atoms with Crippen LogP contribution in [0.3, 0.4) is 0 Å². The third-order valence-corrected chi connectivity index (χ3v) is 3.05. The molecule has 0 aliphatic carbocycles. The number of nitrogens with two attached hydrogens (primary N) is 1. The maximum atomic E-state index is 11.9. The van der Waals surface area contributed by atoms with Crippen LogP contribution in [0.5, 0.6) is 0 Å². The monoisotopic (exact) mass is 255 g/mol. The molecule has 0 radical (unpaired) electrons. The van der Waals surface area contributed by atoms with E-state index in [4.69, 9.17) is 10.5 Å². The number of esters is 1. The molecule has 2 N–H and O–H groups in total. The van der Waals surface area contributed by atoms with Crippen molar-refractivity contribution in [2.45, 2.75) is 60.3 Å². The number of rotatable bonds is 7. The van der Waals surface area contributed by atoms with Crippen molar-refractivity contribution in [2.24, 2.45) is 11.1 Å². The van der Waals surface area contributed by atoms with E-state index in [0.717, 1.165) is 18.4 Å². The maximum absolute atomic E-state index is 11.9. The van der Waals surface area contributed by atoms with Gasteiger partial charge in [0.25, 0.3) is 0 Å². The third-order valence-electron chi connectivity index (χ3n) is 3.05. The van der Waals surface area contributed by atoms with Crippen LogP contribution in [-0.2, 0) is 9.53 Å². The Morgan fingerprint density at radius 2 is 1.83 bits per heavy atom. The Hall–Kier alpha value is -0.830. The summed E-state index contributed by atoms with van der Waals surface area (Å²) >= 11 is 0. The van der Waals surface area contributed by atoms with Gasteiger partial charge in [0.1, 0.15) is 6.61 Å². The lowest BCUT2D eigenvalue weighted by Crippen LogP contribution is -2.19. The average Bonchev–Trinajstić information content (AvgIpc) is 2.29. The smallest absolute Gasteiger partial charge is 0.333 e. The van der Waals surface area contributed by atoms with Crippen molar-refractivity contribution in [1.82, 2.24) is 0 Å². The molecule has 0 aromatic rings. The van der Waals surface area contributed by atoms with Crippen LogP contribution in [-0.4, -0.2) is 19.1 Å². The molecule has 0 rings (SSSR count). The summed E-state index contributed by atoms with van der Waals surface area (Å²) in [6.45, 7) is 11.2. The van der Waals surface area contributed by atoms with Gasteiger partial charge in [-0.2, -0.15) is 0 Å². The van der Waals surface area contributed by atoms with Gasteiger partial charge in [0.05, 0.1) is 0 Å². The van der Waals surface area contributed by atoms with Crippen LogP contribution in [0.25, 0.3) is 0 Å². The summed E-state index contributed by atoms with van der Waals surface area (Å²) in [4.78, 5) is 11.9. The Morgan fingerprint density at radius 3 is 2.28 bits per heavy atom. The first-order chi connectivity index (χ1) is 8.34. The maximum Gasteiger partial charge on any atom is 0.333 e. The van der Waals surface area contributed by atoms with Gasteiger partial charge in [0, 0.05) is 12.1 Å². The number of allylic oxidation sites excluding steroid dienone is 1. The highest BCUT2D eigenvalue weighted by molar-refractivity contribution is 5.88. The zero-order chi connectivity index (χ0) is 14.2. The van der Waals surface area contributed by atoms with Crippen LogP contribution in [0.4, 0.5) is 0 Å². The molecule has 0 aliphatic rings. The van der Waals surface area contributed by atoms with Crippen LogP contribution in [0, 0.1) is 5.41 Å². The molecule has 0 fully saturated rings. The predicted molar refractivity (Wildman–Crippen MR) is 76.3 cm³/mol. The van der Waals surface area contributed by atoms with Gasteiger partial charge in [-0.1, -0.05) is 46.1 Å². The molecule has 3 heteroatoms. The molecule has 0 heterocycles. The second kappa shape index (κ2) is 8.30. The van der Waals surface area contributed by atoms with Gasteiger partial charge >= 0.3 is 5.97 Å². The molecule has 0 unspecified atom stereocenters. The number of carbonyl (C=O) groups excluding carboxylic acids is 1. The molecular weight excluding hydrogens is 226 g/mol. The lowest BCUT2D eigenvalue weighted by molar-refractivity contribution is -0.138. The molecule has 0 saturated carbocycles. The molecule has 0 atom stereocenters. The molecule has 106 valence electrons. The fraction of sp³-hybridized carbons (Fsp3) is 0.800. The highest BCUT2D eigenvalue weighted by Crippen LogP contribution is 2.32. The van der Waals surface area contributed by atoms with E-state index in [1.807, 2.05) is 6.92 Å². The molecule has 0 aromatic carbocycles. The van der Waals surface area contributed by atoms with E-state index in [2.05, 4.69) is 27.7 Å². The van der Waals surface area contributed by atoms with Crippen LogP contribution in [0.1, 0.15) is 60.3 Å². The second-order valence-corrected chi connectivity index (χ2v) is 5.74. The minimum Gasteiger partial charge on any atom is -0.461 e. The molecule has 18 heavy (non-hydrogen) atoms.